The topological polar surface area (TPSA) is 26.5 Å². The number of fused-ring (bicyclic) bond motifs is 1. The van der Waals surface area contributed by atoms with Crippen molar-refractivity contribution in [3.8, 4) is 5.75 Å². The van der Waals surface area contributed by atoms with Crippen LogP contribution in [0.3, 0.4) is 0 Å². The predicted octanol–water partition coefficient (Wildman–Crippen LogP) is 1.02. The Hall–Kier alpha value is -0.965. The minimum atomic E-state index is 0.790. The van der Waals surface area contributed by atoms with E-state index in [9.17, 15) is 0 Å². The van der Waals surface area contributed by atoms with E-state index in [-0.39, 0.29) is 0 Å². The number of nitrogens with zero attached hydrogens (tertiary/aromatic N) is 2. The highest BCUT2D eigenvalue weighted by molar-refractivity contribution is 9.10. The van der Waals surface area contributed by atoms with Crippen LogP contribution >= 0.6 is 15.9 Å². The van der Waals surface area contributed by atoms with Crippen LogP contribution in [0, 0.1) is 0 Å². The lowest BCUT2D eigenvalue weighted by Gasteiger charge is -2.02. The smallest absolute Gasteiger partial charge is 0.322 e. The molecule has 5 heteroatoms. The van der Waals surface area contributed by atoms with Crippen LogP contribution in [0.25, 0.3) is 5.52 Å². The fourth-order valence-corrected chi connectivity index (χ4v) is 1.61. The Labute approximate surface area is 78.9 Å². The molecule has 0 unspecified atom stereocenters. The van der Waals surface area contributed by atoms with Gasteiger partial charge in [0, 0.05) is 4.47 Å². The Kier molecular flexibility index (Phi) is 1.80. The summed E-state index contributed by atoms with van der Waals surface area (Å²) in [6.07, 6.45) is 3.58. The van der Waals surface area contributed by atoms with Crippen molar-refractivity contribution < 1.29 is 4.65 Å². The van der Waals surface area contributed by atoms with Crippen molar-refractivity contribution in [3.05, 3.63) is 29.0 Å². The lowest BCUT2D eigenvalue weighted by atomic mass is 10.4. The number of hydrogen-bond acceptors (Lipinski definition) is 2. The van der Waals surface area contributed by atoms with E-state index in [1.165, 1.54) is 0 Å². The summed E-state index contributed by atoms with van der Waals surface area (Å²) in [6, 6.07) is 3.85. The molecule has 0 aliphatic carbocycles. The van der Waals surface area contributed by atoms with E-state index in [4.69, 9.17) is 4.65 Å². The summed E-state index contributed by atoms with van der Waals surface area (Å²) in [5.74, 6) is 0.790. The van der Waals surface area contributed by atoms with Crippen molar-refractivity contribution in [2.24, 2.45) is 0 Å². The SMILES string of the molecule is BOc1cc(Br)c2ccnn2c1. The van der Waals surface area contributed by atoms with Crippen molar-refractivity contribution in [1.29, 1.82) is 0 Å². The molecule has 0 bridgehead atoms. The van der Waals surface area contributed by atoms with Gasteiger partial charge in [0.1, 0.15) is 5.75 Å². The fraction of sp³-hybridized carbons (Fsp3) is 0. The first-order chi connectivity index (χ1) is 5.81. The first-order valence-electron chi connectivity index (χ1n) is 3.48. The second kappa shape index (κ2) is 2.82. The van der Waals surface area contributed by atoms with E-state index in [0.29, 0.717) is 0 Å². The van der Waals surface area contributed by atoms with Gasteiger partial charge >= 0.3 is 8.05 Å². The molecule has 0 saturated heterocycles. The van der Waals surface area contributed by atoms with Crippen molar-refractivity contribution >= 4 is 29.5 Å². The lowest BCUT2D eigenvalue weighted by Crippen LogP contribution is -1.91. The molecular formula is C7H6BBrN2O. The highest BCUT2D eigenvalue weighted by atomic mass is 79.9. The van der Waals surface area contributed by atoms with Gasteiger partial charge in [0.05, 0.1) is 17.9 Å². The first kappa shape index (κ1) is 7.67. The summed E-state index contributed by atoms with van der Waals surface area (Å²) >= 11 is 3.43. The van der Waals surface area contributed by atoms with Crippen LogP contribution in [0.15, 0.2) is 29.0 Å². The van der Waals surface area contributed by atoms with Crippen molar-refractivity contribution in [2.75, 3.05) is 0 Å². The number of pyridine rings is 1. The van der Waals surface area contributed by atoms with Crippen molar-refractivity contribution in [1.82, 2.24) is 9.61 Å². The Balaban J connectivity index is 2.75. The van der Waals surface area contributed by atoms with Gasteiger partial charge in [-0.3, -0.25) is 0 Å². The zero-order valence-electron chi connectivity index (χ0n) is 6.49. The maximum absolute atomic E-state index is 5.08. The van der Waals surface area contributed by atoms with Crippen LogP contribution in [0.2, 0.25) is 0 Å². The molecule has 0 radical (unpaired) electrons. The molecule has 0 aromatic carbocycles. The highest BCUT2D eigenvalue weighted by Gasteiger charge is 2.01. The van der Waals surface area contributed by atoms with Crippen LogP contribution in [0.4, 0.5) is 0 Å². The maximum atomic E-state index is 5.08. The summed E-state index contributed by atoms with van der Waals surface area (Å²) in [5.41, 5.74) is 1.04. The Morgan fingerprint density at radius 3 is 3.17 bits per heavy atom. The van der Waals surface area contributed by atoms with Gasteiger partial charge in [0.2, 0.25) is 0 Å². The molecule has 0 aliphatic rings. The molecule has 0 atom stereocenters. The second-order valence-corrected chi connectivity index (χ2v) is 3.24. The van der Waals surface area contributed by atoms with E-state index in [2.05, 4.69) is 21.0 Å². The monoisotopic (exact) mass is 224 g/mol. The molecule has 2 rings (SSSR count). The molecule has 0 saturated carbocycles. The molecule has 3 nitrogen and oxygen atoms in total. The molecule has 2 aromatic heterocycles. The van der Waals surface area contributed by atoms with E-state index in [1.807, 2.05) is 18.3 Å². The third-order valence-corrected chi connectivity index (χ3v) is 2.30. The number of halogens is 1. The first-order valence-corrected chi connectivity index (χ1v) is 4.27. The number of aromatic nitrogens is 2. The summed E-state index contributed by atoms with van der Waals surface area (Å²) in [7, 11) is 1.64. The lowest BCUT2D eigenvalue weighted by molar-refractivity contribution is 0.607. The molecular weight excluding hydrogens is 219 g/mol. The average molecular weight is 225 g/mol. The normalized spacial score (nSPS) is 10.4. The van der Waals surface area contributed by atoms with E-state index >= 15 is 0 Å². The zero-order chi connectivity index (χ0) is 8.55. The minimum absolute atomic E-state index is 0.790. The predicted molar refractivity (Wildman–Crippen MR) is 52.1 cm³/mol. The van der Waals surface area contributed by atoms with Gasteiger partial charge in [0.25, 0.3) is 0 Å². The van der Waals surface area contributed by atoms with Crippen LogP contribution in [0.5, 0.6) is 5.75 Å². The molecule has 0 aliphatic heterocycles. The molecule has 12 heavy (non-hydrogen) atoms. The number of hydrogen-bond donors (Lipinski definition) is 0. The number of rotatable bonds is 1. The molecule has 2 aromatic rings. The van der Waals surface area contributed by atoms with Gasteiger partial charge in [-0.05, 0) is 28.1 Å². The summed E-state index contributed by atoms with van der Waals surface area (Å²) in [5, 5.41) is 4.09. The van der Waals surface area contributed by atoms with Gasteiger partial charge in [-0.1, -0.05) is 0 Å². The molecule has 0 N–H and O–H groups in total. The zero-order valence-corrected chi connectivity index (χ0v) is 8.08. The summed E-state index contributed by atoms with van der Waals surface area (Å²) in [6.45, 7) is 0. The third-order valence-electron chi connectivity index (χ3n) is 1.67. The van der Waals surface area contributed by atoms with Crippen molar-refractivity contribution in [3.63, 3.8) is 0 Å². The van der Waals surface area contributed by atoms with Crippen LogP contribution in [0.1, 0.15) is 0 Å². The highest BCUT2D eigenvalue weighted by Crippen LogP contribution is 2.22. The molecule has 2 heterocycles. The van der Waals surface area contributed by atoms with E-state index in [0.717, 1.165) is 15.7 Å². The van der Waals surface area contributed by atoms with E-state index < -0.39 is 0 Å². The third kappa shape index (κ3) is 1.10. The Bertz CT molecular complexity index is 415. The van der Waals surface area contributed by atoms with Crippen LogP contribution < -0.4 is 4.65 Å². The minimum Gasteiger partial charge on any atom is -0.567 e. The van der Waals surface area contributed by atoms with Crippen LogP contribution in [-0.2, 0) is 0 Å². The Morgan fingerprint density at radius 2 is 2.42 bits per heavy atom. The maximum Gasteiger partial charge on any atom is 0.322 e. The van der Waals surface area contributed by atoms with Gasteiger partial charge in [-0.25, -0.2) is 4.52 Å². The van der Waals surface area contributed by atoms with Gasteiger partial charge in [0.15, 0.2) is 0 Å². The van der Waals surface area contributed by atoms with E-state index in [1.54, 1.807) is 18.8 Å². The summed E-state index contributed by atoms with van der Waals surface area (Å²) in [4.78, 5) is 0. The fourth-order valence-electron chi connectivity index (χ4n) is 1.07. The average Bonchev–Trinajstić information content (AvgIpc) is 2.52. The van der Waals surface area contributed by atoms with Crippen LogP contribution in [-0.4, -0.2) is 17.7 Å². The quantitative estimate of drug-likeness (QED) is 0.677. The summed E-state index contributed by atoms with van der Waals surface area (Å²) < 4.78 is 7.83. The molecule has 60 valence electrons. The Morgan fingerprint density at radius 1 is 1.58 bits per heavy atom. The molecule has 0 amide bonds. The van der Waals surface area contributed by atoms with Gasteiger partial charge in [-0.15, -0.1) is 0 Å². The standard InChI is InChI=1S/C7H6BBrN2O/c8-12-5-3-6(9)7-1-2-10-11(7)4-5/h1-4H,8H2. The molecule has 0 spiro atoms. The second-order valence-electron chi connectivity index (χ2n) is 2.39. The largest absolute Gasteiger partial charge is 0.567 e. The van der Waals surface area contributed by atoms with Gasteiger partial charge < -0.3 is 4.65 Å². The van der Waals surface area contributed by atoms with Crippen molar-refractivity contribution in [2.45, 2.75) is 0 Å². The molecule has 0 fully saturated rings. The van der Waals surface area contributed by atoms with Gasteiger partial charge in [-0.2, -0.15) is 5.10 Å².